The molecule has 0 heterocycles. The number of carbonyl (C=O) groups excluding carboxylic acids is 1. The molecule has 0 aromatic heterocycles. The number of hydrogen-bond acceptors (Lipinski definition) is 2. The van der Waals surface area contributed by atoms with E-state index in [9.17, 15) is 9.90 Å². The normalized spacial score (nSPS) is 11.3. The van der Waals surface area contributed by atoms with Crippen LogP contribution in [0.5, 0.6) is 5.75 Å². The molecule has 0 spiro atoms. The molecular weight excluding hydrogens is 307 g/mol. The SMILES string of the molecule is O=C(/C=C/C=C/c1ccccc1)c1cc(Cl)cc(Cl)c1O. The lowest BCUT2D eigenvalue weighted by Crippen LogP contribution is -1.95. The maximum Gasteiger partial charge on any atom is 0.189 e. The minimum absolute atomic E-state index is 0.0547. The van der Waals surface area contributed by atoms with Crippen molar-refractivity contribution >= 4 is 35.1 Å². The molecule has 0 amide bonds. The summed E-state index contributed by atoms with van der Waals surface area (Å²) in [6.45, 7) is 0. The zero-order chi connectivity index (χ0) is 15.2. The first kappa shape index (κ1) is 15.4. The monoisotopic (exact) mass is 318 g/mol. The molecule has 0 radical (unpaired) electrons. The standard InChI is InChI=1S/C17H12Cl2O2/c18-13-10-14(17(21)15(19)11-13)16(20)9-5-4-8-12-6-2-1-3-7-12/h1-11,21H/b8-4+,9-5+. The van der Waals surface area contributed by atoms with E-state index in [0.717, 1.165) is 5.56 Å². The van der Waals surface area contributed by atoms with Crippen LogP contribution in [0.15, 0.2) is 60.7 Å². The molecule has 0 fully saturated rings. The number of allylic oxidation sites excluding steroid dienone is 3. The van der Waals surface area contributed by atoms with Gasteiger partial charge in [0.25, 0.3) is 0 Å². The Labute approximate surface area is 132 Å². The van der Waals surface area contributed by atoms with Crippen molar-refractivity contribution in [2.75, 3.05) is 0 Å². The summed E-state index contributed by atoms with van der Waals surface area (Å²) in [5.74, 6) is -0.627. The Morgan fingerprint density at radius 1 is 1.05 bits per heavy atom. The quantitative estimate of drug-likeness (QED) is 0.481. The van der Waals surface area contributed by atoms with E-state index in [1.165, 1.54) is 18.2 Å². The predicted octanol–water partition coefficient (Wildman–Crippen LogP) is 5.15. The van der Waals surface area contributed by atoms with Crippen LogP contribution >= 0.6 is 23.2 Å². The number of hydrogen-bond donors (Lipinski definition) is 1. The van der Waals surface area contributed by atoms with Crippen LogP contribution in [0, 0.1) is 0 Å². The molecule has 0 bridgehead atoms. The van der Waals surface area contributed by atoms with Crippen molar-refractivity contribution < 1.29 is 9.90 Å². The second-order valence-electron chi connectivity index (χ2n) is 4.28. The number of rotatable bonds is 4. The smallest absolute Gasteiger partial charge is 0.189 e. The third-order valence-electron chi connectivity index (χ3n) is 2.74. The fraction of sp³-hybridized carbons (Fsp3) is 0. The van der Waals surface area contributed by atoms with Gasteiger partial charge in [-0.25, -0.2) is 0 Å². The van der Waals surface area contributed by atoms with Gasteiger partial charge < -0.3 is 5.11 Å². The predicted molar refractivity (Wildman–Crippen MR) is 87.1 cm³/mol. The van der Waals surface area contributed by atoms with Gasteiger partial charge in [0, 0.05) is 5.02 Å². The average Bonchev–Trinajstić information content (AvgIpc) is 2.48. The van der Waals surface area contributed by atoms with Gasteiger partial charge in [0.15, 0.2) is 5.78 Å². The first-order valence-corrected chi connectivity index (χ1v) is 6.95. The Morgan fingerprint density at radius 3 is 2.48 bits per heavy atom. The maximum atomic E-state index is 12.0. The molecule has 1 N–H and O–H groups in total. The van der Waals surface area contributed by atoms with Crippen molar-refractivity contribution in [1.29, 1.82) is 0 Å². The van der Waals surface area contributed by atoms with Crippen molar-refractivity contribution in [3.8, 4) is 5.75 Å². The topological polar surface area (TPSA) is 37.3 Å². The minimum atomic E-state index is -0.366. The van der Waals surface area contributed by atoms with Crippen molar-refractivity contribution in [2.45, 2.75) is 0 Å². The summed E-state index contributed by atoms with van der Waals surface area (Å²) in [5, 5.41) is 10.1. The van der Waals surface area contributed by atoms with E-state index in [-0.39, 0.29) is 22.1 Å². The molecule has 106 valence electrons. The zero-order valence-electron chi connectivity index (χ0n) is 11.0. The minimum Gasteiger partial charge on any atom is -0.506 e. The maximum absolute atomic E-state index is 12.0. The summed E-state index contributed by atoms with van der Waals surface area (Å²) >= 11 is 11.6. The lowest BCUT2D eigenvalue weighted by Gasteiger charge is -2.03. The van der Waals surface area contributed by atoms with Gasteiger partial charge in [-0.1, -0.05) is 71.8 Å². The molecular formula is C17H12Cl2O2. The highest BCUT2D eigenvalue weighted by Gasteiger charge is 2.12. The van der Waals surface area contributed by atoms with Gasteiger partial charge in [-0.05, 0) is 23.8 Å². The Hall–Kier alpha value is -2.03. The van der Waals surface area contributed by atoms with Crippen LogP contribution in [0.4, 0.5) is 0 Å². The molecule has 21 heavy (non-hydrogen) atoms. The average molecular weight is 319 g/mol. The fourth-order valence-corrected chi connectivity index (χ4v) is 2.21. The van der Waals surface area contributed by atoms with Gasteiger partial charge in [-0.15, -0.1) is 0 Å². The molecule has 2 nitrogen and oxygen atoms in total. The van der Waals surface area contributed by atoms with Gasteiger partial charge in [0.1, 0.15) is 5.75 Å². The lowest BCUT2D eigenvalue weighted by atomic mass is 10.1. The molecule has 4 heteroatoms. The second kappa shape index (κ2) is 7.11. The highest BCUT2D eigenvalue weighted by Crippen LogP contribution is 2.31. The van der Waals surface area contributed by atoms with Gasteiger partial charge in [0.05, 0.1) is 10.6 Å². The van der Waals surface area contributed by atoms with E-state index in [4.69, 9.17) is 23.2 Å². The largest absolute Gasteiger partial charge is 0.506 e. The molecule has 0 atom stereocenters. The number of benzene rings is 2. The van der Waals surface area contributed by atoms with Gasteiger partial charge in [0.2, 0.25) is 0 Å². The Balaban J connectivity index is 2.12. The van der Waals surface area contributed by atoms with Crippen LogP contribution in [0.1, 0.15) is 15.9 Å². The molecule has 2 aromatic carbocycles. The summed E-state index contributed by atoms with van der Waals surface area (Å²) in [7, 11) is 0. The number of phenols is 1. The van der Waals surface area contributed by atoms with Crippen LogP contribution in [-0.4, -0.2) is 10.9 Å². The zero-order valence-corrected chi connectivity index (χ0v) is 12.5. The number of ketones is 1. The Morgan fingerprint density at radius 2 is 1.76 bits per heavy atom. The third kappa shape index (κ3) is 4.22. The fourth-order valence-electron chi connectivity index (χ4n) is 1.72. The molecule has 0 aliphatic carbocycles. The van der Waals surface area contributed by atoms with Crippen molar-refractivity contribution in [1.82, 2.24) is 0 Å². The lowest BCUT2D eigenvalue weighted by molar-refractivity contribution is 0.104. The molecule has 2 aromatic rings. The van der Waals surface area contributed by atoms with Crippen molar-refractivity contribution in [2.24, 2.45) is 0 Å². The number of aromatic hydroxyl groups is 1. The van der Waals surface area contributed by atoms with E-state index >= 15 is 0 Å². The summed E-state index contributed by atoms with van der Waals surface area (Å²) < 4.78 is 0. The second-order valence-corrected chi connectivity index (χ2v) is 5.12. The summed E-state index contributed by atoms with van der Waals surface area (Å²) in [6, 6.07) is 12.5. The van der Waals surface area contributed by atoms with Gasteiger partial charge >= 0.3 is 0 Å². The van der Waals surface area contributed by atoms with Crippen molar-refractivity contribution in [3.05, 3.63) is 81.9 Å². The molecule has 0 aliphatic rings. The van der Waals surface area contributed by atoms with Crippen LogP contribution < -0.4 is 0 Å². The first-order chi connectivity index (χ1) is 10.1. The molecule has 0 aliphatic heterocycles. The summed E-state index contributed by atoms with van der Waals surface area (Å²) in [6.07, 6.45) is 6.57. The van der Waals surface area contributed by atoms with E-state index in [0.29, 0.717) is 5.02 Å². The molecule has 0 unspecified atom stereocenters. The number of phenolic OH excluding ortho intramolecular Hbond substituents is 1. The van der Waals surface area contributed by atoms with Crippen LogP contribution in [-0.2, 0) is 0 Å². The summed E-state index contributed by atoms with van der Waals surface area (Å²) in [5.41, 5.74) is 1.11. The van der Waals surface area contributed by atoms with Crippen LogP contribution in [0.3, 0.4) is 0 Å². The highest BCUT2D eigenvalue weighted by atomic mass is 35.5. The van der Waals surface area contributed by atoms with Crippen molar-refractivity contribution in [3.63, 3.8) is 0 Å². The van der Waals surface area contributed by atoms with E-state index in [2.05, 4.69) is 0 Å². The molecule has 0 saturated carbocycles. The summed E-state index contributed by atoms with van der Waals surface area (Å²) in [4.78, 5) is 12.0. The van der Waals surface area contributed by atoms with E-state index < -0.39 is 0 Å². The first-order valence-electron chi connectivity index (χ1n) is 6.20. The Kier molecular flexibility index (Phi) is 5.20. The number of halogens is 2. The van der Waals surface area contributed by atoms with Crippen LogP contribution in [0.2, 0.25) is 10.0 Å². The van der Waals surface area contributed by atoms with Crippen LogP contribution in [0.25, 0.3) is 6.08 Å². The molecule has 2 rings (SSSR count). The van der Waals surface area contributed by atoms with Gasteiger partial charge in [-0.3, -0.25) is 4.79 Å². The Bertz CT molecular complexity index is 704. The highest BCUT2D eigenvalue weighted by molar-refractivity contribution is 6.36. The number of carbonyl (C=O) groups is 1. The van der Waals surface area contributed by atoms with E-state index in [1.807, 2.05) is 36.4 Å². The van der Waals surface area contributed by atoms with E-state index in [1.54, 1.807) is 12.2 Å². The third-order valence-corrected chi connectivity index (χ3v) is 3.25. The molecule has 0 saturated heterocycles. The van der Waals surface area contributed by atoms with Gasteiger partial charge in [-0.2, -0.15) is 0 Å².